The SMILES string of the molecule is CC(C)(C)NC(=O)c1ccccc1NC(=O)CCCN(c1ccc2c(c1)OCO2)S(C)(=O)=O. The number of amides is 2. The first kappa shape index (κ1) is 24.4. The summed E-state index contributed by atoms with van der Waals surface area (Å²) in [5, 5.41) is 5.64. The molecule has 0 radical (unpaired) electrons. The molecule has 0 aromatic heterocycles. The number of benzene rings is 2. The molecule has 1 aliphatic rings. The molecule has 1 aliphatic heterocycles. The monoisotopic (exact) mass is 475 g/mol. The second-order valence-corrected chi connectivity index (χ2v) is 10.7. The van der Waals surface area contributed by atoms with Crippen molar-refractivity contribution < 1.29 is 27.5 Å². The molecule has 0 saturated heterocycles. The van der Waals surface area contributed by atoms with Crippen LogP contribution >= 0.6 is 0 Å². The van der Waals surface area contributed by atoms with Gasteiger partial charge in [0, 0.05) is 24.6 Å². The van der Waals surface area contributed by atoms with Crippen molar-refractivity contribution in [3.8, 4) is 11.5 Å². The molecule has 0 bridgehead atoms. The third kappa shape index (κ3) is 6.61. The molecule has 2 amide bonds. The van der Waals surface area contributed by atoms with E-state index in [4.69, 9.17) is 9.47 Å². The van der Waals surface area contributed by atoms with Crippen LogP contribution in [0.1, 0.15) is 44.0 Å². The number of nitrogens with one attached hydrogen (secondary N) is 2. The number of hydrogen-bond acceptors (Lipinski definition) is 6. The summed E-state index contributed by atoms with van der Waals surface area (Å²) in [4.78, 5) is 25.1. The van der Waals surface area contributed by atoms with Crippen molar-refractivity contribution in [3.05, 3.63) is 48.0 Å². The van der Waals surface area contributed by atoms with E-state index in [1.165, 1.54) is 4.31 Å². The summed E-state index contributed by atoms with van der Waals surface area (Å²) in [5.41, 5.74) is 0.781. The predicted octanol–water partition coefficient (Wildman–Crippen LogP) is 3.13. The first-order valence-corrected chi connectivity index (χ1v) is 12.4. The zero-order valence-electron chi connectivity index (χ0n) is 19.2. The number of carbonyl (C=O) groups excluding carboxylic acids is 2. The zero-order chi connectivity index (χ0) is 24.2. The van der Waals surface area contributed by atoms with Gasteiger partial charge in [0.05, 0.1) is 23.2 Å². The van der Waals surface area contributed by atoms with Crippen LogP contribution in [0.5, 0.6) is 11.5 Å². The van der Waals surface area contributed by atoms with Crippen LogP contribution in [0, 0.1) is 0 Å². The van der Waals surface area contributed by atoms with Gasteiger partial charge >= 0.3 is 0 Å². The van der Waals surface area contributed by atoms with E-state index in [1.807, 2.05) is 20.8 Å². The van der Waals surface area contributed by atoms with Gasteiger partial charge in [-0.15, -0.1) is 0 Å². The van der Waals surface area contributed by atoms with Crippen molar-refractivity contribution in [1.82, 2.24) is 5.32 Å². The minimum atomic E-state index is -3.58. The fraction of sp³-hybridized carbons (Fsp3) is 0.391. The van der Waals surface area contributed by atoms with Gasteiger partial charge in [-0.05, 0) is 51.5 Å². The largest absolute Gasteiger partial charge is 0.454 e. The molecule has 3 rings (SSSR count). The number of anilines is 2. The van der Waals surface area contributed by atoms with Gasteiger partial charge in [-0.1, -0.05) is 12.1 Å². The highest BCUT2D eigenvalue weighted by Crippen LogP contribution is 2.36. The number of carbonyl (C=O) groups is 2. The molecule has 2 aromatic rings. The fourth-order valence-electron chi connectivity index (χ4n) is 3.32. The molecule has 33 heavy (non-hydrogen) atoms. The van der Waals surface area contributed by atoms with Crippen molar-refractivity contribution in [2.75, 3.05) is 29.2 Å². The fourth-order valence-corrected chi connectivity index (χ4v) is 4.28. The highest BCUT2D eigenvalue weighted by atomic mass is 32.2. The predicted molar refractivity (Wildman–Crippen MR) is 126 cm³/mol. The molecule has 10 heteroatoms. The molecule has 0 fully saturated rings. The second-order valence-electron chi connectivity index (χ2n) is 8.77. The number of hydrogen-bond donors (Lipinski definition) is 2. The van der Waals surface area contributed by atoms with E-state index in [2.05, 4.69) is 10.6 Å². The van der Waals surface area contributed by atoms with Gasteiger partial charge in [0.25, 0.3) is 5.91 Å². The van der Waals surface area contributed by atoms with Gasteiger partial charge in [-0.25, -0.2) is 8.42 Å². The number of sulfonamides is 1. The van der Waals surface area contributed by atoms with Crippen LogP contribution < -0.4 is 24.4 Å². The van der Waals surface area contributed by atoms with Crippen LogP contribution in [0.3, 0.4) is 0 Å². The molecule has 9 nitrogen and oxygen atoms in total. The van der Waals surface area contributed by atoms with Gasteiger partial charge in [0.1, 0.15) is 0 Å². The molecular formula is C23H29N3O6S. The van der Waals surface area contributed by atoms with Crippen LogP contribution in [0.2, 0.25) is 0 Å². The molecule has 0 atom stereocenters. The molecule has 0 saturated carbocycles. The molecule has 2 N–H and O–H groups in total. The topological polar surface area (TPSA) is 114 Å². The highest BCUT2D eigenvalue weighted by molar-refractivity contribution is 7.92. The van der Waals surface area contributed by atoms with E-state index in [9.17, 15) is 18.0 Å². The summed E-state index contributed by atoms with van der Waals surface area (Å²) in [5.74, 6) is 0.430. The van der Waals surface area contributed by atoms with Crippen LogP contribution in [0.4, 0.5) is 11.4 Å². The first-order valence-electron chi connectivity index (χ1n) is 10.5. The maximum atomic E-state index is 12.6. The van der Waals surface area contributed by atoms with Crippen LogP contribution in [-0.2, 0) is 14.8 Å². The Hall–Kier alpha value is -3.27. The number of ether oxygens (including phenoxy) is 2. The minimum Gasteiger partial charge on any atom is -0.454 e. The Labute approximate surface area is 194 Å². The van der Waals surface area contributed by atoms with Gasteiger partial charge in [-0.3, -0.25) is 13.9 Å². The summed E-state index contributed by atoms with van der Waals surface area (Å²) in [6, 6.07) is 11.7. The average Bonchev–Trinajstić information content (AvgIpc) is 3.17. The van der Waals surface area contributed by atoms with Crippen LogP contribution in [-0.4, -0.2) is 45.4 Å². The van der Waals surface area contributed by atoms with Crippen molar-refractivity contribution in [3.63, 3.8) is 0 Å². The number of rotatable bonds is 8. The lowest BCUT2D eigenvalue weighted by atomic mass is 10.1. The Morgan fingerprint density at radius 3 is 2.45 bits per heavy atom. The van der Waals surface area contributed by atoms with Crippen molar-refractivity contribution in [2.24, 2.45) is 0 Å². The minimum absolute atomic E-state index is 0.0752. The lowest BCUT2D eigenvalue weighted by molar-refractivity contribution is -0.116. The summed E-state index contributed by atoms with van der Waals surface area (Å²) in [7, 11) is -3.58. The van der Waals surface area contributed by atoms with E-state index in [0.29, 0.717) is 28.4 Å². The molecule has 178 valence electrons. The van der Waals surface area contributed by atoms with Crippen molar-refractivity contribution >= 4 is 33.2 Å². The molecular weight excluding hydrogens is 446 g/mol. The molecule has 0 unspecified atom stereocenters. The molecule has 1 heterocycles. The number of fused-ring (bicyclic) bond motifs is 1. The van der Waals surface area contributed by atoms with Gasteiger partial charge in [-0.2, -0.15) is 0 Å². The van der Waals surface area contributed by atoms with E-state index in [0.717, 1.165) is 6.26 Å². The third-order valence-electron chi connectivity index (χ3n) is 4.74. The average molecular weight is 476 g/mol. The molecule has 2 aromatic carbocycles. The first-order chi connectivity index (χ1) is 15.4. The quantitative estimate of drug-likeness (QED) is 0.606. The Morgan fingerprint density at radius 1 is 1.06 bits per heavy atom. The number of nitrogens with zero attached hydrogens (tertiary/aromatic N) is 1. The molecule has 0 aliphatic carbocycles. The van der Waals surface area contributed by atoms with E-state index >= 15 is 0 Å². The van der Waals surface area contributed by atoms with Gasteiger partial charge in [0.15, 0.2) is 11.5 Å². The zero-order valence-corrected chi connectivity index (χ0v) is 20.0. The summed E-state index contributed by atoms with van der Waals surface area (Å²) in [6.45, 7) is 5.82. The summed E-state index contributed by atoms with van der Waals surface area (Å²) >= 11 is 0. The Morgan fingerprint density at radius 2 is 1.76 bits per heavy atom. The Bertz CT molecular complexity index is 1140. The van der Waals surface area contributed by atoms with Crippen LogP contribution in [0.25, 0.3) is 0 Å². The second kappa shape index (κ2) is 9.70. The lowest BCUT2D eigenvalue weighted by Gasteiger charge is -2.23. The highest BCUT2D eigenvalue weighted by Gasteiger charge is 2.22. The Kier molecular flexibility index (Phi) is 7.16. The Balaban J connectivity index is 1.63. The van der Waals surface area contributed by atoms with E-state index in [1.54, 1.807) is 42.5 Å². The summed E-state index contributed by atoms with van der Waals surface area (Å²) in [6.07, 6.45) is 1.47. The smallest absolute Gasteiger partial charge is 0.253 e. The van der Waals surface area contributed by atoms with Gasteiger partial charge < -0.3 is 20.1 Å². The summed E-state index contributed by atoms with van der Waals surface area (Å²) < 4.78 is 36.5. The normalized spacial score (nSPS) is 12.8. The molecule has 0 spiro atoms. The van der Waals surface area contributed by atoms with Crippen molar-refractivity contribution in [1.29, 1.82) is 0 Å². The van der Waals surface area contributed by atoms with Gasteiger partial charge in [0.2, 0.25) is 22.7 Å². The lowest BCUT2D eigenvalue weighted by Crippen LogP contribution is -2.40. The standard InChI is InChI=1S/C23H29N3O6S/c1-23(2,3)25-22(28)17-8-5-6-9-18(17)24-21(27)10-7-13-26(33(4,29)30)16-11-12-19-20(14-16)32-15-31-19/h5-6,8-9,11-12,14H,7,10,13,15H2,1-4H3,(H,24,27)(H,25,28). The third-order valence-corrected chi connectivity index (χ3v) is 5.94. The number of para-hydroxylation sites is 1. The maximum Gasteiger partial charge on any atom is 0.253 e. The van der Waals surface area contributed by atoms with Crippen LogP contribution in [0.15, 0.2) is 42.5 Å². The van der Waals surface area contributed by atoms with Crippen molar-refractivity contribution in [2.45, 2.75) is 39.2 Å². The maximum absolute atomic E-state index is 12.6. The van der Waals surface area contributed by atoms with E-state index in [-0.39, 0.29) is 38.0 Å². The van der Waals surface area contributed by atoms with E-state index < -0.39 is 15.6 Å².